The predicted molar refractivity (Wildman–Crippen MR) is 83.0 cm³/mol. The molecule has 0 unspecified atom stereocenters. The average Bonchev–Trinajstić information content (AvgIpc) is 2.96. The molecular weight excluding hydrogens is 268 g/mol. The second-order valence-electron chi connectivity index (χ2n) is 5.98. The largest absolute Gasteiger partial charge is 0.394 e. The Bertz CT molecular complexity index is 375. The molecule has 0 aliphatic carbocycles. The molecule has 0 atom stereocenters. The highest BCUT2D eigenvalue weighted by atomic mass is 16.5. The van der Waals surface area contributed by atoms with E-state index in [2.05, 4.69) is 12.1 Å². The average molecular weight is 298 g/mol. The van der Waals surface area contributed by atoms with Crippen LogP contribution in [0, 0.1) is 0 Å². The Morgan fingerprint density at radius 3 is 2.43 bits per heavy atom. The van der Waals surface area contributed by atoms with Crippen molar-refractivity contribution in [2.24, 2.45) is 5.73 Å². The van der Waals surface area contributed by atoms with E-state index in [4.69, 9.17) is 20.5 Å². The van der Waals surface area contributed by atoms with Crippen molar-refractivity contribution >= 4 is 0 Å². The minimum Gasteiger partial charge on any atom is -0.394 e. The van der Waals surface area contributed by atoms with Crippen molar-refractivity contribution in [3.05, 3.63) is 17.5 Å². The molecule has 0 saturated carbocycles. The fourth-order valence-electron chi connectivity index (χ4n) is 2.26. The second kappa shape index (κ2) is 9.92. The van der Waals surface area contributed by atoms with Gasteiger partial charge in [-0.15, -0.1) is 0 Å². The van der Waals surface area contributed by atoms with E-state index in [9.17, 15) is 0 Å². The molecule has 0 aromatic carbocycles. The second-order valence-corrected chi connectivity index (χ2v) is 5.98. The van der Waals surface area contributed by atoms with Gasteiger partial charge in [0.2, 0.25) is 0 Å². The monoisotopic (exact) mass is 298 g/mol. The molecule has 21 heavy (non-hydrogen) atoms. The van der Waals surface area contributed by atoms with Crippen molar-refractivity contribution in [3.8, 4) is 0 Å². The Balaban J connectivity index is 2.23. The summed E-state index contributed by atoms with van der Waals surface area (Å²) in [6.07, 6.45) is 9.60. The number of aromatic nitrogens is 1. The molecule has 0 aliphatic heterocycles. The lowest BCUT2D eigenvalue weighted by molar-refractivity contribution is 0.113. The standard InChI is InChI=1S/C16H30N2O3/c1-2-3-4-5-6-7-8-14-11-15(21-18-14)9-10-16(17,12-19)13-20/h11,19-20H,2-10,12-13,17H2,1H3. The number of nitrogens with two attached hydrogens (primary N) is 1. The molecule has 0 saturated heterocycles. The molecule has 4 N–H and O–H groups in total. The minimum atomic E-state index is -0.938. The number of aryl methyl sites for hydroxylation is 2. The summed E-state index contributed by atoms with van der Waals surface area (Å²) < 4.78 is 5.28. The fourth-order valence-corrected chi connectivity index (χ4v) is 2.26. The van der Waals surface area contributed by atoms with E-state index in [-0.39, 0.29) is 13.2 Å². The molecule has 1 heterocycles. The normalized spacial score (nSPS) is 12.0. The molecule has 1 aromatic heterocycles. The highest BCUT2D eigenvalue weighted by Crippen LogP contribution is 2.14. The van der Waals surface area contributed by atoms with Gasteiger partial charge in [0.1, 0.15) is 5.76 Å². The van der Waals surface area contributed by atoms with Gasteiger partial charge in [0.05, 0.1) is 24.4 Å². The topological polar surface area (TPSA) is 92.5 Å². The van der Waals surface area contributed by atoms with Gasteiger partial charge in [0.25, 0.3) is 0 Å². The lowest BCUT2D eigenvalue weighted by Crippen LogP contribution is -2.47. The SMILES string of the molecule is CCCCCCCCc1cc(CCC(N)(CO)CO)on1. The number of rotatable bonds is 12. The molecular formula is C16H30N2O3. The van der Waals surface area contributed by atoms with Crippen molar-refractivity contribution in [1.82, 2.24) is 5.16 Å². The van der Waals surface area contributed by atoms with Gasteiger partial charge in [-0.2, -0.15) is 0 Å². The first kappa shape index (κ1) is 18.1. The van der Waals surface area contributed by atoms with Gasteiger partial charge in [-0.3, -0.25) is 0 Å². The summed E-state index contributed by atoms with van der Waals surface area (Å²) in [5, 5.41) is 22.3. The molecule has 1 rings (SSSR count). The molecule has 0 amide bonds. The summed E-state index contributed by atoms with van der Waals surface area (Å²) in [5.41, 5.74) is 5.87. The molecule has 0 radical (unpaired) electrons. The van der Waals surface area contributed by atoms with Crippen LogP contribution in [0.25, 0.3) is 0 Å². The van der Waals surface area contributed by atoms with Crippen LogP contribution in [0.15, 0.2) is 10.6 Å². The van der Waals surface area contributed by atoms with E-state index >= 15 is 0 Å². The van der Waals surface area contributed by atoms with E-state index in [0.29, 0.717) is 12.8 Å². The van der Waals surface area contributed by atoms with E-state index in [1.165, 1.54) is 32.1 Å². The van der Waals surface area contributed by atoms with Crippen LogP contribution in [0.4, 0.5) is 0 Å². The van der Waals surface area contributed by atoms with E-state index in [1.54, 1.807) is 0 Å². The summed E-state index contributed by atoms with van der Waals surface area (Å²) in [6, 6.07) is 1.96. The van der Waals surface area contributed by atoms with Gasteiger partial charge in [0, 0.05) is 12.5 Å². The maximum Gasteiger partial charge on any atom is 0.137 e. The van der Waals surface area contributed by atoms with Crippen LogP contribution in [-0.2, 0) is 12.8 Å². The number of nitrogens with zero attached hydrogens (tertiary/aromatic N) is 1. The van der Waals surface area contributed by atoms with Crippen molar-refractivity contribution in [2.45, 2.75) is 70.3 Å². The first-order valence-corrected chi connectivity index (χ1v) is 8.08. The Morgan fingerprint density at radius 1 is 1.10 bits per heavy atom. The highest BCUT2D eigenvalue weighted by Gasteiger charge is 2.23. The van der Waals surface area contributed by atoms with Gasteiger partial charge in [-0.25, -0.2) is 0 Å². The van der Waals surface area contributed by atoms with Crippen molar-refractivity contribution in [2.75, 3.05) is 13.2 Å². The molecule has 0 spiro atoms. The molecule has 1 aromatic rings. The first-order chi connectivity index (χ1) is 10.1. The number of aliphatic hydroxyl groups excluding tert-OH is 2. The van der Waals surface area contributed by atoms with Crippen LogP contribution < -0.4 is 5.73 Å². The number of hydrogen-bond donors (Lipinski definition) is 3. The Kier molecular flexibility index (Phi) is 8.57. The quantitative estimate of drug-likeness (QED) is 0.514. The number of unbranched alkanes of at least 4 members (excludes halogenated alkanes) is 5. The molecule has 5 heteroatoms. The molecule has 5 nitrogen and oxygen atoms in total. The van der Waals surface area contributed by atoms with Crippen molar-refractivity contribution in [1.29, 1.82) is 0 Å². The molecule has 122 valence electrons. The van der Waals surface area contributed by atoms with Gasteiger partial charge < -0.3 is 20.5 Å². The lowest BCUT2D eigenvalue weighted by Gasteiger charge is -2.23. The van der Waals surface area contributed by atoms with E-state index in [1.807, 2.05) is 6.07 Å². The summed E-state index contributed by atoms with van der Waals surface area (Å²) >= 11 is 0. The Hall–Kier alpha value is -0.910. The van der Waals surface area contributed by atoms with Crippen LogP contribution in [0.5, 0.6) is 0 Å². The van der Waals surface area contributed by atoms with Crippen molar-refractivity contribution < 1.29 is 14.7 Å². The third kappa shape index (κ3) is 7.07. The zero-order valence-electron chi connectivity index (χ0n) is 13.2. The van der Waals surface area contributed by atoms with Crippen LogP contribution in [0.2, 0.25) is 0 Å². The fraction of sp³-hybridized carbons (Fsp3) is 0.812. The summed E-state index contributed by atoms with van der Waals surface area (Å²) in [4.78, 5) is 0. The molecule has 0 aliphatic rings. The van der Waals surface area contributed by atoms with Gasteiger partial charge in [0.15, 0.2) is 0 Å². The predicted octanol–water partition coefficient (Wildman–Crippen LogP) is 2.19. The van der Waals surface area contributed by atoms with Crippen LogP contribution in [0.3, 0.4) is 0 Å². The Morgan fingerprint density at radius 2 is 1.76 bits per heavy atom. The highest BCUT2D eigenvalue weighted by molar-refractivity contribution is 5.06. The van der Waals surface area contributed by atoms with Crippen LogP contribution in [0.1, 0.15) is 63.3 Å². The summed E-state index contributed by atoms with van der Waals surface area (Å²) in [6.45, 7) is 1.75. The van der Waals surface area contributed by atoms with E-state index < -0.39 is 5.54 Å². The summed E-state index contributed by atoms with van der Waals surface area (Å²) in [5.74, 6) is 0.771. The number of hydrogen-bond acceptors (Lipinski definition) is 5. The maximum atomic E-state index is 9.14. The first-order valence-electron chi connectivity index (χ1n) is 8.08. The number of aliphatic hydroxyl groups is 2. The van der Waals surface area contributed by atoms with Crippen molar-refractivity contribution in [3.63, 3.8) is 0 Å². The molecule has 0 bridgehead atoms. The van der Waals surface area contributed by atoms with Gasteiger partial charge >= 0.3 is 0 Å². The molecule has 0 fully saturated rings. The van der Waals surface area contributed by atoms with Gasteiger partial charge in [-0.05, 0) is 19.3 Å². The zero-order valence-corrected chi connectivity index (χ0v) is 13.2. The smallest absolute Gasteiger partial charge is 0.137 e. The van der Waals surface area contributed by atoms with E-state index in [0.717, 1.165) is 24.3 Å². The van der Waals surface area contributed by atoms with Crippen LogP contribution in [-0.4, -0.2) is 34.1 Å². The maximum absolute atomic E-state index is 9.14. The lowest BCUT2D eigenvalue weighted by atomic mass is 9.96. The third-order valence-corrected chi connectivity index (χ3v) is 3.89. The minimum absolute atomic E-state index is 0.234. The summed E-state index contributed by atoms with van der Waals surface area (Å²) in [7, 11) is 0. The van der Waals surface area contributed by atoms with Gasteiger partial charge in [-0.1, -0.05) is 44.2 Å². The zero-order chi connectivity index (χ0) is 15.6. The Labute approximate surface area is 127 Å². The third-order valence-electron chi connectivity index (χ3n) is 3.89. The van der Waals surface area contributed by atoms with Crippen LogP contribution >= 0.6 is 0 Å².